The van der Waals surface area contributed by atoms with Crippen molar-refractivity contribution in [1.29, 1.82) is 0 Å². The van der Waals surface area contributed by atoms with E-state index in [4.69, 9.17) is 0 Å². The molecule has 1 amide bonds. The molecule has 1 unspecified atom stereocenters. The van der Waals surface area contributed by atoms with Crippen molar-refractivity contribution in [1.82, 2.24) is 10.2 Å². The highest BCUT2D eigenvalue weighted by molar-refractivity contribution is 5.94. The van der Waals surface area contributed by atoms with Gasteiger partial charge < -0.3 is 15.5 Å². The van der Waals surface area contributed by atoms with Gasteiger partial charge in [0.05, 0.1) is 0 Å². The molecule has 0 radical (unpaired) electrons. The summed E-state index contributed by atoms with van der Waals surface area (Å²) in [4.78, 5) is 13.9. The van der Waals surface area contributed by atoms with Gasteiger partial charge in [-0.2, -0.15) is 0 Å². The van der Waals surface area contributed by atoms with Gasteiger partial charge in [0.1, 0.15) is 0 Å². The number of carbonyl (C=O) groups is 1. The molecule has 2 N–H and O–H groups in total. The molecule has 2 rings (SSSR count). The second kappa shape index (κ2) is 6.75. The van der Waals surface area contributed by atoms with Gasteiger partial charge in [-0.05, 0) is 70.1 Å². The minimum atomic E-state index is -0.0417. The van der Waals surface area contributed by atoms with Crippen molar-refractivity contribution >= 4 is 11.6 Å². The van der Waals surface area contributed by atoms with E-state index in [0.29, 0.717) is 11.6 Å². The predicted octanol–water partition coefficient (Wildman–Crippen LogP) is 2.19. The van der Waals surface area contributed by atoms with E-state index in [9.17, 15) is 4.79 Å². The first-order valence-electron chi connectivity index (χ1n) is 7.37. The molecule has 1 fully saturated rings. The number of amides is 1. The van der Waals surface area contributed by atoms with Gasteiger partial charge in [0.2, 0.25) is 0 Å². The van der Waals surface area contributed by atoms with Gasteiger partial charge in [-0.1, -0.05) is 0 Å². The van der Waals surface area contributed by atoms with Crippen molar-refractivity contribution < 1.29 is 4.79 Å². The molecule has 1 aromatic carbocycles. The third-order valence-corrected chi connectivity index (χ3v) is 4.24. The van der Waals surface area contributed by atoms with Crippen LogP contribution in [0, 0.1) is 5.92 Å². The van der Waals surface area contributed by atoms with Gasteiger partial charge in [0.15, 0.2) is 0 Å². The van der Waals surface area contributed by atoms with Crippen LogP contribution in [0.25, 0.3) is 0 Å². The first kappa shape index (κ1) is 14.9. The van der Waals surface area contributed by atoms with E-state index >= 15 is 0 Å². The van der Waals surface area contributed by atoms with E-state index in [2.05, 4.69) is 29.5 Å². The third-order valence-electron chi connectivity index (χ3n) is 4.24. The molecule has 110 valence electrons. The number of nitrogens with zero attached hydrogens (tertiary/aromatic N) is 1. The maximum absolute atomic E-state index is 11.5. The molecule has 1 saturated heterocycles. The van der Waals surface area contributed by atoms with Crippen LogP contribution in [-0.2, 0) is 0 Å². The van der Waals surface area contributed by atoms with Gasteiger partial charge in [-0.15, -0.1) is 0 Å². The van der Waals surface area contributed by atoms with Crippen molar-refractivity contribution in [3.63, 3.8) is 0 Å². The number of benzene rings is 1. The van der Waals surface area contributed by atoms with E-state index in [1.807, 2.05) is 24.3 Å². The maximum Gasteiger partial charge on any atom is 0.251 e. The summed E-state index contributed by atoms with van der Waals surface area (Å²) in [6.45, 7) is 4.63. The summed E-state index contributed by atoms with van der Waals surface area (Å²) in [5.41, 5.74) is 1.79. The first-order chi connectivity index (χ1) is 9.60. The second-order valence-corrected chi connectivity index (χ2v) is 5.73. The van der Waals surface area contributed by atoms with Crippen LogP contribution in [0.5, 0.6) is 0 Å². The summed E-state index contributed by atoms with van der Waals surface area (Å²) in [6.07, 6.45) is 2.50. The number of hydrogen-bond acceptors (Lipinski definition) is 3. The Morgan fingerprint density at radius 1 is 1.25 bits per heavy atom. The number of anilines is 1. The highest BCUT2D eigenvalue weighted by Crippen LogP contribution is 2.22. The fraction of sp³-hybridized carbons (Fsp3) is 0.562. The Labute approximate surface area is 121 Å². The lowest BCUT2D eigenvalue weighted by Gasteiger charge is -2.33. The van der Waals surface area contributed by atoms with Gasteiger partial charge in [0.25, 0.3) is 5.91 Å². The molecule has 0 bridgehead atoms. The summed E-state index contributed by atoms with van der Waals surface area (Å²) < 4.78 is 0. The lowest BCUT2D eigenvalue weighted by molar-refractivity contribution is 0.0963. The quantitative estimate of drug-likeness (QED) is 0.885. The lowest BCUT2D eigenvalue weighted by atomic mass is 9.90. The summed E-state index contributed by atoms with van der Waals surface area (Å²) in [7, 11) is 3.84. The Morgan fingerprint density at radius 2 is 1.85 bits per heavy atom. The average molecular weight is 275 g/mol. The van der Waals surface area contributed by atoms with E-state index in [0.717, 1.165) is 11.6 Å². The van der Waals surface area contributed by atoms with Crippen LogP contribution < -0.4 is 10.6 Å². The molecular weight excluding hydrogens is 250 g/mol. The van der Waals surface area contributed by atoms with Crippen LogP contribution >= 0.6 is 0 Å². The molecule has 1 heterocycles. The predicted molar refractivity (Wildman–Crippen MR) is 83.1 cm³/mol. The Hall–Kier alpha value is -1.55. The molecular formula is C16H25N3O. The molecule has 0 saturated carbocycles. The number of likely N-dealkylation sites (tertiary alicyclic amines) is 1. The standard InChI is InChI=1S/C16H25N3O/c1-12(13-8-10-19(3)11-9-13)18-15-6-4-14(5-7-15)16(20)17-2/h4-7,12-13,18H,8-11H2,1-3H3,(H,17,20). The Bertz CT molecular complexity index is 436. The maximum atomic E-state index is 11.5. The number of nitrogens with one attached hydrogen (secondary N) is 2. The molecule has 4 heteroatoms. The summed E-state index contributed by atoms with van der Waals surface area (Å²) in [6, 6.07) is 8.16. The highest BCUT2D eigenvalue weighted by atomic mass is 16.1. The van der Waals surface area contributed by atoms with Crippen molar-refractivity contribution in [2.75, 3.05) is 32.5 Å². The van der Waals surface area contributed by atoms with E-state index < -0.39 is 0 Å². The van der Waals surface area contributed by atoms with E-state index in [-0.39, 0.29) is 5.91 Å². The zero-order chi connectivity index (χ0) is 14.5. The smallest absolute Gasteiger partial charge is 0.251 e. The van der Waals surface area contributed by atoms with Crippen molar-refractivity contribution in [2.24, 2.45) is 5.92 Å². The molecule has 4 nitrogen and oxygen atoms in total. The van der Waals surface area contributed by atoms with Crippen molar-refractivity contribution in [3.8, 4) is 0 Å². The largest absolute Gasteiger partial charge is 0.382 e. The van der Waals surface area contributed by atoms with E-state index in [1.54, 1.807) is 7.05 Å². The van der Waals surface area contributed by atoms with Gasteiger partial charge in [-0.3, -0.25) is 4.79 Å². The number of rotatable bonds is 4. The molecule has 1 atom stereocenters. The number of piperidine rings is 1. The number of hydrogen-bond donors (Lipinski definition) is 2. The summed E-state index contributed by atoms with van der Waals surface area (Å²) in [5.74, 6) is 0.685. The minimum Gasteiger partial charge on any atom is -0.382 e. The number of carbonyl (C=O) groups excluding carboxylic acids is 1. The van der Waals surface area contributed by atoms with Crippen LogP contribution in [0.4, 0.5) is 5.69 Å². The van der Waals surface area contributed by atoms with Crippen molar-refractivity contribution in [2.45, 2.75) is 25.8 Å². The molecule has 0 aromatic heterocycles. The van der Waals surface area contributed by atoms with Crippen LogP contribution in [0.3, 0.4) is 0 Å². The zero-order valence-electron chi connectivity index (χ0n) is 12.6. The lowest BCUT2D eigenvalue weighted by Crippen LogP contribution is -2.37. The normalized spacial score (nSPS) is 18.6. The molecule has 1 aliphatic heterocycles. The Balaban J connectivity index is 1.91. The van der Waals surface area contributed by atoms with Crippen LogP contribution in [-0.4, -0.2) is 44.0 Å². The molecule has 0 spiro atoms. The van der Waals surface area contributed by atoms with Gasteiger partial charge >= 0.3 is 0 Å². The molecule has 0 aliphatic carbocycles. The first-order valence-corrected chi connectivity index (χ1v) is 7.37. The topological polar surface area (TPSA) is 44.4 Å². The third kappa shape index (κ3) is 3.73. The molecule has 1 aromatic rings. The second-order valence-electron chi connectivity index (χ2n) is 5.73. The minimum absolute atomic E-state index is 0.0417. The Morgan fingerprint density at radius 3 is 2.40 bits per heavy atom. The van der Waals surface area contributed by atoms with E-state index in [1.165, 1.54) is 25.9 Å². The highest BCUT2D eigenvalue weighted by Gasteiger charge is 2.22. The van der Waals surface area contributed by atoms with Crippen LogP contribution in [0.15, 0.2) is 24.3 Å². The fourth-order valence-electron chi connectivity index (χ4n) is 2.77. The van der Waals surface area contributed by atoms with Crippen LogP contribution in [0.2, 0.25) is 0 Å². The Kier molecular flexibility index (Phi) is 5.01. The van der Waals surface area contributed by atoms with Crippen LogP contribution in [0.1, 0.15) is 30.1 Å². The summed E-state index contributed by atoms with van der Waals surface area (Å²) in [5, 5.41) is 6.19. The average Bonchev–Trinajstić information content (AvgIpc) is 2.48. The molecule has 1 aliphatic rings. The monoisotopic (exact) mass is 275 g/mol. The van der Waals surface area contributed by atoms with Gasteiger partial charge in [0, 0.05) is 24.3 Å². The SMILES string of the molecule is CNC(=O)c1ccc(NC(C)C2CCN(C)CC2)cc1. The zero-order valence-corrected chi connectivity index (χ0v) is 12.6. The summed E-state index contributed by atoms with van der Waals surface area (Å²) >= 11 is 0. The molecule has 20 heavy (non-hydrogen) atoms. The van der Waals surface area contributed by atoms with Crippen molar-refractivity contribution in [3.05, 3.63) is 29.8 Å². The fourth-order valence-corrected chi connectivity index (χ4v) is 2.77. The van der Waals surface area contributed by atoms with Gasteiger partial charge in [-0.25, -0.2) is 0 Å².